The monoisotopic (exact) mass is 309 g/mol. The molecule has 0 aliphatic heterocycles. The number of nitrogens with one attached hydrogen (secondary N) is 1. The van der Waals surface area contributed by atoms with Crippen LogP contribution in [0, 0.1) is 6.92 Å². The standard InChI is InChI=1S/C16H15N5O2/c1-9-19-14-11(15(17)20-9)4-3-5-12(14)16(22)21-10-6-7-13(23-2)18-8-10/h3-8H,1-2H3,(H,21,22)(H2,17,19,20). The second kappa shape index (κ2) is 5.88. The number of fused-ring (bicyclic) bond motifs is 1. The number of methoxy groups -OCH3 is 1. The predicted octanol–water partition coefficient (Wildman–Crippen LogP) is 2.18. The fraction of sp³-hybridized carbons (Fsp3) is 0.125. The van der Waals surface area contributed by atoms with Gasteiger partial charge in [0.15, 0.2) is 0 Å². The zero-order chi connectivity index (χ0) is 16.4. The van der Waals surface area contributed by atoms with Crippen molar-refractivity contribution >= 4 is 28.3 Å². The fourth-order valence-corrected chi connectivity index (χ4v) is 2.25. The molecule has 0 unspecified atom stereocenters. The van der Waals surface area contributed by atoms with E-state index >= 15 is 0 Å². The summed E-state index contributed by atoms with van der Waals surface area (Å²) in [6, 6.07) is 8.61. The van der Waals surface area contributed by atoms with Crippen molar-refractivity contribution < 1.29 is 9.53 Å². The van der Waals surface area contributed by atoms with E-state index in [1.165, 1.54) is 13.3 Å². The van der Waals surface area contributed by atoms with Crippen LogP contribution in [0.3, 0.4) is 0 Å². The summed E-state index contributed by atoms with van der Waals surface area (Å²) < 4.78 is 4.99. The predicted molar refractivity (Wildman–Crippen MR) is 87.4 cm³/mol. The number of carbonyl (C=O) groups excluding carboxylic acids is 1. The number of para-hydroxylation sites is 1. The van der Waals surface area contributed by atoms with E-state index in [9.17, 15) is 4.79 Å². The molecule has 0 saturated carbocycles. The van der Waals surface area contributed by atoms with Gasteiger partial charge in [0.05, 0.1) is 30.1 Å². The van der Waals surface area contributed by atoms with E-state index in [-0.39, 0.29) is 5.91 Å². The lowest BCUT2D eigenvalue weighted by molar-refractivity contribution is 0.102. The number of rotatable bonds is 3. The molecule has 1 aromatic carbocycles. The lowest BCUT2D eigenvalue weighted by atomic mass is 10.1. The van der Waals surface area contributed by atoms with Crippen molar-refractivity contribution in [2.45, 2.75) is 6.92 Å². The minimum Gasteiger partial charge on any atom is -0.481 e. The number of anilines is 2. The molecule has 0 spiro atoms. The largest absolute Gasteiger partial charge is 0.481 e. The van der Waals surface area contributed by atoms with Gasteiger partial charge in [-0.1, -0.05) is 6.07 Å². The summed E-state index contributed by atoms with van der Waals surface area (Å²) in [5, 5.41) is 3.43. The molecule has 2 aromatic heterocycles. The minimum absolute atomic E-state index is 0.292. The van der Waals surface area contributed by atoms with E-state index in [1.54, 1.807) is 37.3 Å². The van der Waals surface area contributed by atoms with Crippen LogP contribution in [-0.2, 0) is 0 Å². The Bertz CT molecular complexity index is 878. The molecular weight excluding hydrogens is 294 g/mol. The Hall–Kier alpha value is -3.22. The average molecular weight is 309 g/mol. The highest BCUT2D eigenvalue weighted by atomic mass is 16.5. The van der Waals surface area contributed by atoms with Crippen LogP contribution in [0.1, 0.15) is 16.2 Å². The third kappa shape index (κ3) is 2.89. The van der Waals surface area contributed by atoms with Crippen LogP contribution in [0.4, 0.5) is 11.5 Å². The Morgan fingerprint density at radius 3 is 2.74 bits per heavy atom. The number of aromatic nitrogens is 3. The first kappa shape index (κ1) is 14.7. The van der Waals surface area contributed by atoms with Crippen molar-refractivity contribution in [2.24, 2.45) is 0 Å². The smallest absolute Gasteiger partial charge is 0.257 e. The summed E-state index contributed by atoms with van der Waals surface area (Å²) >= 11 is 0. The molecule has 3 rings (SSSR count). The van der Waals surface area contributed by atoms with E-state index in [0.29, 0.717) is 39.7 Å². The van der Waals surface area contributed by atoms with Crippen LogP contribution in [0.2, 0.25) is 0 Å². The maximum atomic E-state index is 12.5. The number of pyridine rings is 1. The number of nitrogens with zero attached hydrogens (tertiary/aromatic N) is 3. The van der Waals surface area contributed by atoms with Crippen molar-refractivity contribution in [3.63, 3.8) is 0 Å². The van der Waals surface area contributed by atoms with Crippen LogP contribution < -0.4 is 15.8 Å². The van der Waals surface area contributed by atoms with Crippen LogP contribution in [0.15, 0.2) is 36.5 Å². The third-order valence-corrected chi connectivity index (χ3v) is 3.32. The van der Waals surface area contributed by atoms with E-state index in [1.807, 2.05) is 0 Å². The Morgan fingerprint density at radius 1 is 1.22 bits per heavy atom. The van der Waals surface area contributed by atoms with Gasteiger partial charge in [0.1, 0.15) is 11.6 Å². The number of ether oxygens (including phenoxy) is 1. The van der Waals surface area contributed by atoms with E-state index in [2.05, 4.69) is 20.3 Å². The van der Waals surface area contributed by atoms with Gasteiger partial charge >= 0.3 is 0 Å². The van der Waals surface area contributed by atoms with Gasteiger partial charge in [0.2, 0.25) is 5.88 Å². The SMILES string of the molecule is COc1ccc(NC(=O)c2cccc3c(N)nc(C)nc23)cn1. The number of nitrogen functional groups attached to an aromatic ring is 1. The molecule has 7 heteroatoms. The quantitative estimate of drug-likeness (QED) is 0.768. The molecule has 116 valence electrons. The zero-order valence-corrected chi connectivity index (χ0v) is 12.7. The Morgan fingerprint density at radius 2 is 2.04 bits per heavy atom. The minimum atomic E-state index is -0.292. The molecule has 1 amide bonds. The number of hydrogen-bond acceptors (Lipinski definition) is 6. The van der Waals surface area contributed by atoms with Crippen LogP contribution in [0.25, 0.3) is 10.9 Å². The normalized spacial score (nSPS) is 10.5. The summed E-state index contributed by atoms with van der Waals surface area (Å²) in [4.78, 5) is 25.0. The molecule has 0 radical (unpaired) electrons. The molecule has 23 heavy (non-hydrogen) atoms. The molecule has 0 fully saturated rings. The maximum Gasteiger partial charge on any atom is 0.257 e. The van der Waals surface area contributed by atoms with Crippen LogP contribution in [0.5, 0.6) is 5.88 Å². The molecule has 3 aromatic rings. The molecule has 7 nitrogen and oxygen atoms in total. The van der Waals surface area contributed by atoms with Gasteiger partial charge in [0.25, 0.3) is 5.91 Å². The highest BCUT2D eigenvalue weighted by molar-refractivity contribution is 6.12. The second-order valence-corrected chi connectivity index (χ2v) is 4.90. The van der Waals surface area contributed by atoms with Gasteiger partial charge in [-0.15, -0.1) is 0 Å². The number of nitrogens with two attached hydrogens (primary N) is 1. The molecule has 0 bridgehead atoms. The van der Waals surface area contributed by atoms with Crippen molar-refractivity contribution in [3.05, 3.63) is 47.9 Å². The topological polar surface area (TPSA) is 103 Å². The lowest BCUT2D eigenvalue weighted by Crippen LogP contribution is -2.13. The van der Waals surface area contributed by atoms with Gasteiger partial charge in [0, 0.05) is 11.5 Å². The molecule has 0 saturated heterocycles. The summed E-state index contributed by atoms with van der Waals surface area (Å²) in [5.41, 5.74) is 7.42. The third-order valence-electron chi connectivity index (χ3n) is 3.32. The molecule has 2 heterocycles. The highest BCUT2D eigenvalue weighted by Crippen LogP contribution is 2.22. The number of carbonyl (C=O) groups is 1. The first-order valence-electron chi connectivity index (χ1n) is 6.92. The fourth-order valence-electron chi connectivity index (χ4n) is 2.25. The summed E-state index contributed by atoms with van der Waals surface area (Å²) in [5.74, 6) is 1.05. The molecular formula is C16H15N5O2. The van der Waals surface area contributed by atoms with Gasteiger partial charge in [-0.3, -0.25) is 4.79 Å². The first-order valence-corrected chi connectivity index (χ1v) is 6.92. The number of benzene rings is 1. The highest BCUT2D eigenvalue weighted by Gasteiger charge is 2.14. The molecule has 0 atom stereocenters. The van der Waals surface area contributed by atoms with Crippen molar-refractivity contribution in [1.82, 2.24) is 15.0 Å². The van der Waals surface area contributed by atoms with Gasteiger partial charge < -0.3 is 15.8 Å². The Balaban J connectivity index is 1.97. The second-order valence-electron chi connectivity index (χ2n) is 4.90. The number of amides is 1. The van der Waals surface area contributed by atoms with Crippen LogP contribution in [-0.4, -0.2) is 28.0 Å². The van der Waals surface area contributed by atoms with Crippen LogP contribution >= 0.6 is 0 Å². The summed E-state index contributed by atoms with van der Waals surface area (Å²) in [6.07, 6.45) is 1.52. The van der Waals surface area contributed by atoms with Crippen molar-refractivity contribution in [3.8, 4) is 5.88 Å². The van der Waals surface area contributed by atoms with Gasteiger partial charge in [-0.05, 0) is 25.1 Å². The first-order chi connectivity index (χ1) is 11.1. The maximum absolute atomic E-state index is 12.5. The summed E-state index contributed by atoms with van der Waals surface area (Å²) in [7, 11) is 1.53. The molecule has 0 aliphatic rings. The van der Waals surface area contributed by atoms with E-state index in [4.69, 9.17) is 10.5 Å². The Kier molecular flexibility index (Phi) is 3.76. The Labute approximate surface area is 132 Å². The molecule has 0 aliphatic carbocycles. The van der Waals surface area contributed by atoms with Crippen molar-refractivity contribution in [1.29, 1.82) is 0 Å². The van der Waals surface area contributed by atoms with Gasteiger partial charge in [-0.25, -0.2) is 15.0 Å². The number of aryl methyl sites for hydroxylation is 1. The zero-order valence-electron chi connectivity index (χ0n) is 12.7. The van der Waals surface area contributed by atoms with Crippen molar-refractivity contribution in [2.75, 3.05) is 18.2 Å². The van der Waals surface area contributed by atoms with E-state index in [0.717, 1.165) is 0 Å². The van der Waals surface area contributed by atoms with E-state index < -0.39 is 0 Å². The average Bonchev–Trinajstić information content (AvgIpc) is 2.55. The number of hydrogen-bond donors (Lipinski definition) is 2. The summed E-state index contributed by atoms with van der Waals surface area (Å²) in [6.45, 7) is 1.73. The van der Waals surface area contributed by atoms with Gasteiger partial charge in [-0.2, -0.15) is 0 Å². The molecule has 3 N–H and O–H groups in total. The lowest BCUT2D eigenvalue weighted by Gasteiger charge is -2.09.